The van der Waals surface area contributed by atoms with E-state index in [4.69, 9.17) is 22.1 Å². The predicted molar refractivity (Wildman–Crippen MR) is 70.4 cm³/mol. The van der Waals surface area contributed by atoms with Gasteiger partial charge in [0.2, 0.25) is 0 Å². The summed E-state index contributed by atoms with van der Waals surface area (Å²) in [7, 11) is 0. The van der Waals surface area contributed by atoms with Crippen molar-refractivity contribution < 1.29 is 4.74 Å². The lowest BCUT2D eigenvalue weighted by atomic mass is 9.94. The summed E-state index contributed by atoms with van der Waals surface area (Å²) in [5, 5.41) is 3.08. The van der Waals surface area contributed by atoms with Crippen molar-refractivity contribution in [2.45, 2.75) is 12.5 Å². The van der Waals surface area contributed by atoms with Gasteiger partial charge in [-0.15, -0.1) is 0 Å². The molecule has 0 amide bonds. The highest BCUT2D eigenvalue weighted by Crippen LogP contribution is 2.33. The van der Waals surface area contributed by atoms with Gasteiger partial charge in [-0.1, -0.05) is 35.9 Å². The minimum absolute atomic E-state index is 0.0744. The van der Waals surface area contributed by atoms with E-state index in [0.717, 1.165) is 29.0 Å². The molecule has 0 saturated carbocycles. The number of nitrogens with two attached hydrogens (primary N) is 1. The highest BCUT2D eigenvalue weighted by Gasteiger charge is 2.19. The third-order valence-electron chi connectivity index (χ3n) is 3.33. The minimum Gasteiger partial charge on any atom is -0.379 e. The number of fused-ring (bicyclic) bond motifs is 3. The average molecular weight is 248 g/mol. The number of hydrogen-bond acceptors (Lipinski definition) is 2. The lowest BCUT2D eigenvalue weighted by Crippen LogP contribution is -2.16. The highest BCUT2D eigenvalue weighted by atomic mass is 35.5. The molecule has 17 heavy (non-hydrogen) atoms. The predicted octanol–water partition coefficient (Wildman–Crippen LogP) is 3.07. The van der Waals surface area contributed by atoms with Gasteiger partial charge in [-0.2, -0.15) is 0 Å². The van der Waals surface area contributed by atoms with E-state index in [1.54, 1.807) is 0 Å². The van der Waals surface area contributed by atoms with E-state index >= 15 is 0 Å². The molecule has 2 N–H and O–H groups in total. The van der Waals surface area contributed by atoms with Gasteiger partial charge in [0.15, 0.2) is 0 Å². The van der Waals surface area contributed by atoms with Gasteiger partial charge in [0.05, 0.1) is 19.3 Å². The van der Waals surface area contributed by atoms with Crippen LogP contribution in [0.3, 0.4) is 0 Å². The lowest BCUT2D eigenvalue weighted by molar-refractivity contribution is 0.131. The van der Waals surface area contributed by atoms with E-state index in [-0.39, 0.29) is 6.04 Å². The van der Waals surface area contributed by atoms with Crippen LogP contribution in [0.25, 0.3) is 10.8 Å². The Balaban J connectivity index is 2.34. The van der Waals surface area contributed by atoms with Gasteiger partial charge in [-0.3, -0.25) is 0 Å². The number of hydrogen-bond donors (Lipinski definition) is 1. The SMILES string of the molecule is NC1COCCc2c1cc(Cl)c1ccccc21. The zero-order valence-electron chi connectivity index (χ0n) is 9.45. The summed E-state index contributed by atoms with van der Waals surface area (Å²) in [4.78, 5) is 0. The Hall–Kier alpha value is -1.09. The second-order valence-corrected chi connectivity index (χ2v) is 4.81. The lowest BCUT2D eigenvalue weighted by Gasteiger charge is -2.15. The molecule has 2 aromatic rings. The second-order valence-electron chi connectivity index (χ2n) is 4.40. The molecule has 0 bridgehead atoms. The summed E-state index contributed by atoms with van der Waals surface area (Å²) < 4.78 is 5.51. The van der Waals surface area contributed by atoms with Crippen LogP contribution in [-0.2, 0) is 11.2 Å². The molecule has 0 saturated heterocycles. The normalized spacial score (nSPS) is 20.0. The van der Waals surface area contributed by atoms with Crippen LogP contribution < -0.4 is 5.73 Å². The third kappa shape index (κ3) is 1.82. The van der Waals surface area contributed by atoms with Crippen molar-refractivity contribution in [1.82, 2.24) is 0 Å². The quantitative estimate of drug-likeness (QED) is 0.777. The molecule has 88 valence electrons. The van der Waals surface area contributed by atoms with Crippen LogP contribution in [0.4, 0.5) is 0 Å². The molecule has 3 heteroatoms. The van der Waals surface area contributed by atoms with E-state index in [9.17, 15) is 0 Å². The first kappa shape index (κ1) is 11.0. The van der Waals surface area contributed by atoms with Crippen LogP contribution >= 0.6 is 11.6 Å². The molecule has 0 aromatic heterocycles. The van der Waals surface area contributed by atoms with Crippen molar-refractivity contribution in [2.24, 2.45) is 5.73 Å². The molecule has 2 nitrogen and oxygen atoms in total. The Morgan fingerprint density at radius 3 is 2.82 bits per heavy atom. The van der Waals surface area contributed by atoms with Gasteiger partial charge in [-0.25, -0.2) is 0 Å². The average Bonchev–Trinajstić information content (AvgIpc) is 2.53. The van der Waals surface area contributed by atoms with Gasteiger partial charge in [-0.05, 0) is 29.0 Å². The fourth-order valence-corrected chi connectivity index (χ4v) is 2.78. The molecule has 0 aliphatic carbocycles. The van der Waals surface area contributed by atoms with Crippen molar-refractivity contribution in [2.75, 3.05) is 13.2 Å². The highest BCUT2D eigenvalue weighted by molar-refractivity contribution is 6.35. The smallest absolute Gasteiger partial charge is 0.0659 e. The Labute approximate surface area is 105 Å². The fraction of sp³-hybridized carbons (Fsp3) is 0.286. The van der Waals surface area contributed by atoms with Gasteiger partial charge in [0.25, 0.3) is 0 Å². The molecular formula is C14H14ClNO. The van der Waals surface area contributed by atoms with Crippen molar-refractivity contribution >= 4 is 22.4 Å². The third-order valence-corrected chi connectivity index (χ3v) is 3.65. The molecule has 0 radical (unpaired) electrons. The number of rotatable bonds is 0. The molecule has 2 aromatic carbocycles. The van der Waals surface area contributed by atoms with E-state index < -0.39 is 0 Å². The maximum atomic E-state index is 6.32. The Kier molecular flexibility index (Phi) is 2.79. The van der Waals surface area contributed by atoms with Crippen LogP contribution in [-0.4, -0.2) is 13.2 Å². The van der Waals surface area contributed by atoms with Crippen LogP contribution in [0.1, 0.15) is 17.2 Å². The van der Waals surface area contributed by atoms with E-state index in [1.165, 1.54) is 10.9 Å². The van der Waals surface area contributed by atoms with Crippen molar-refractivity contribution in [1.29, 1.82) is 0 Å². The summed E-state index contributed by atoms with van der Waals surface area (Å²) in [6.45, 7) is 1.30. The molecule has 0 fully saturated rings. The van der Waals surface area contributed by atoms with Crippen molar-refractivity contribution in [3.8, 4) is 0 Å². The summed E-state index contributed by atoms with van der Waals surface area (Å²) in [5.74, 6) is 0. The van der Waals surface area contributed by atoms with Gasteiger partial charge < -0.3 is 10.5 Å². The molecule has 0 spiro atoms. The maximum Gasteiger partial charge on any atom is 0.0659 e. The first-order chi connectivity index (χ1) is 8.27. The standard InChI is InChI=1S/C14H14ClNO/c15-13-7-12-10(5-6-17-8-14(12)16)9-3-1-2-4-11(9)13/h1-4,7,14H,5-6,8,16H2. The molecule has 1 unspecified atom stereocenters. The number of halogens is 1. The molecule has 1 atom stereocenters. The topological polar surface area (TPSA) is 35.2 Å². The maximum absolute atomic E-state index is 6.32. The Morgan fingerprint density at radius 1 is 1.24 bits per heavy atom. The number of ether oxygens (including phenoxy) is 1. The van der Waals surface area contributed by atoms with E-state index in [2.05, 4.69) is 12.1 Å². The largest absolute Gasteiger partial charge is 0.379 e. The van der Waals surface area contributed by atoms with Crippen molar-refractivity contribution in [3.63, 3.8) is 0 Å². The van der Waals surface area contributed by atoms with Gasteiger partial charge in [0, 0.05) is 10.4 Å². The second kappa shape index (κ2) is 4.30. The van der Waals surface area contributed by atoms with Gasteiger partial charge in [0.1, 0.15) is 0 Å². The van der Waals surface area contributed by atoms with Crippen LogP contribution in [0.15, 0.2) is 30.3 Å². The Morgan fingerprint density at radius 2 is 2.00 bits per heavy atom. The number of benzene rings is 2. The Bertz CT molecular complexity index is 567. The summed E-state index contributed by atoms with van der Waals surface area (Å²) in [6.07, 6.45) is 0.903. The minimum atomic E-state index is -0.0744. The molecule has 1 aliphatic heterocycles. The zero-order valence-corrected chi connectivity index (χ0v) is 10.2. The zero-order chi connectivity index (χ0) is 11.8. The summed E-state index contributed by atoms with van der Waals surface area (Å²) in [5.41, 5.74) is 8.54. The monoisotopic (exact) mass is 247 g/mol. The summed E-state index contributed by atoms with van der Waals surface area (Å²) in [6, 6.07) is 10.1. The van der Waals surface area contributed by atoms with Crippen LogP contribution in [0.5, 0.6) is 0 Å². The molecule has 1 aliphatic rings. The fourth-order valence-electron chi connectivity index (χ4n) is 2.50. The van der Waals surface area contributed by atoms with Crippen molar-refractivity contribution in [3.05, 3.63) is 46.5 Å². The molecule has 1 heterocycles. The molecular weight excluding hydrogens is 234 g/mol. The van der Waals surface area contributed by atoms with Crippen LogP contribution in [0, 0.1) is 0 Å². The molecule has 3 rings (SSSR count). The summed E-state index contributed by atoms with van der Waals surface area (Å²) >= 11 is 6.32. The van der Waals surface area contributed by atoms with E-state index in [0.29, 0.717) is 6.61 Å². The van der Waals surface area contributed by atoms with Crippen LogP contribution in [0.2, 0.25) is 5.02 Å². The van der Waals surface area contributed by atoms with Gasteiger partial charge >= 0.3 is 0 Å². The first-order valence-electron chi connectivity index (χ1n) is 5.80. The first-order valence-corrected chi connectivity index (χ1v) is 6.18. The van der Waals surface area contributed by atoms with E-state index in [1.807, 2.05) is 18.2 Å².